The highest BCUT2D eigenvalue weighted by Crippen LogP contribution is 2.42. The molecule has 0 atom stereocenters. The van der Waals surface area contributed by atoms with Crippen LogP contribution in [0.4, 0.5) is 24.5 Å². The van der Waals surface area contributed by atoms with E-state index in [9.17, 15) is 13.2 Å². The van der Waals surface area contributed by atoms with Crippen molar-refractivity contribution in [2.24, 2.45) is 5.41 Å². The molecule has 1 N–H and O–H groups in total. The average Bonchev–Trinajstić information content (AvgIpc) is 2.67. The molecule has 0 radical (unpaired) electrons. The summed E-state index contributed by atoms with van der Waals surface area (Å²) in [6.07, 6.45) is -2.72. The topological polar surface area (TPSA) is 44.3 Å². The normalized spacial score (nSPS) is 18.2. The van der Waals surface area contributed by atoms with Crippen LogP contribution in [0, 0.1) is 12.3 Å². The van der Waals surface area contributed by atoms with Crippen LogP contribution in [0.25, 0.3) is 10.9 Å². The van der Waals surface area contributed by atoms with Gasteiger partial charge in [0.25, 0.3) is 0 Å². The van der Waals surface area contributed by atoms with Gasteiger partial charge in [0.15, 0.2) is 0 Å². The number of aromatic nitrogens is 2. The highest BCUT2D eigenvalue weighted by atomic mass is 19.4. The van der Waals surface area contributed by atoms with Gasteiger partial charge < -0.3 is 15.1 Å². The molecule has 0 unspecified atom stereocenters. The van der Waals surface area contributed by atoms with Gasteiger partial charge in [-0.1, -0.05) is 12.1 Å². The van der Waals surface area contributed by atoms with Crippen LogP contribution in [0.2, 0.25) is 0 Å². The molecule has 2 aromatic carbocycles. The molecule has 162 valence electrons. The van der Waals surface area contributed by atoms with Crippen molar-refractivity contribution in [3.05, 3.63) is 59.3 Å². The molecule has 2 aliphatic rings. The van der Waals surface area contributed by atoms with E-state index in [0.29, 0.717) is 11.0 Å². The molecule has 5 rings (SSSR count). The van der Waals surface area contributed by atoms with Crippen molar-refractivity contribution in [1.82, 2.24) is 15.1 Å². The average molecular weight is 427 g/mol. The first-order valence-corrected chi connectivity index (χ1v) is 10.3. The quantitative estimate of drug-likeness (QED) is 0.672. The molecule has 0 amide bonds. The van der Waals surface area contributed by atoms with Crippen LogP contribution in [0.15, 0.2) is 42.6 Å². The van der Waals surface area contributed by atoms with Gasteiger partial charge in [-0.15, -0.1) is 0 Å². The molecule has 2 saturated heterocycles. The number of rotatable bonds is 4. The lowest BCUT2D eigenvalue weighted by Gasteiger charge is -2.60. The summed E-state index contributed by atoms with van der Waals surface area (Å²) in [5.74, 6) is 0. The van der Waals surface area contributed by atoms with Crippen molar-refractivity contribution >= 4 is 22.3 Å². The van der Waals surface area contributed by atoms with Crippen molar-refractivity contribution in [3.63, 3.8) is 0 Å². The van der Waals surface area contributed by atoms with Gasteiger partial charge in [0, 0.05) is 49.2 Å². The molecule has 0 saturated carbocycles. The smallest absolute Gasteiger partial charge is 0.379 e. The Morgan fingerprint density at radius 3 is 2.58 bits per heavy atom. The van der Waals surface area contributed by atoms with E-state index in [2.05, 4.69) is 44.5 Å². The summed E-state index contributed by atoms with van der Waals surface area (Å²) >= 11 is 0. The largest absolute Gasteiger partial charge is 0.416 e. The van der Waals surface area contributed by atoms with Crippen LogP contribution in [0.5, 0.6) is 0 Å². The fourth-order valence-corrected chi connectivity index (χ4v) is 5.00. The lowest BCUT2D eigenvalue weighted by Crippen LogP contribution is -2.71. The first kappa shape index (κ1) is 20.1. The second-order valence-electron chi connectivity index (χ2n) is 8.93. The number of fused-ring (bicyclic) bond motifs is 1. The zero-order chi connectivity index (χ0) is 21.8. The number of anilines is 2. The van der Waals surface area contributed by atoms with E-state index in [1.54, 1.807) is 12.3 Å². The zero-order valence-corrected chi connectivity index (χ0v) is 17.5. The Labute approximate surface area is 178 Å². The van der Waals surface area contributed by atoms with Gasteiger partial charge in [-0.2, -0.15) is 23.4 Å². The van der Waals surface area contributed by atoms with E-state index < -0.39 is 11.7 Å². The Hall–Kier alpha value is -2.87. The maximum absolute atomic E-state index is 13.2. The van der Waals surface area contributed by atoms with Gasteiger partial charge in [-0.25, -0.2) is 0 Å². The molecule has 2 aliphatic heterocycles. The van der Waals surface area contributed by atoms with E-state index >= 15 is 0 Å². The Kier molecular flexibility index (Phi) is 4.58. The zero-order valence-electron chi connectivity index (χ0n) is 17.5. The highest BCUT2D eigenvalue weighted by molar-refractivity contribution is 5.93. The summed E-state index contributed by atoms with van der Waals surface area (Å²) in [6, 6.07) is 10.4. The van der Waals surface area contributed by atoms with Crippen LogP contribution < -0.4 is 10.2 Å². The summed E-state index contributed by atoms with van der Waals surface area (Å²) < 4.78 is 39.7. The van der Waals surface area contributed by atoms with Gasteiger partial charge in [0.1, 0.15) is 0 Å². The van der Waals surface area contributed by atoms with Crippen LogP contribution in [0.3, 0.4) is 0 Å². The Morgan fingerprint density at radius 1 is 1.10 bits per heavy atom. The molecule has 3 heterocycles. The maximum atomic E-state index is 13.2. The molecule has 2 fully saturated rings. The number of halogens is 3. The monoisotopic (exact) mass is 427 g/mol. The Morgan fingerprint density at radius 2 is 1.87 bits per heavy atom. The molecule has 0 aliphatic carbocycles. The summed E-state index contributed by atoms with van der Waals surface area (Å²) in [5, 5.41) is 12.5. The van der Waals surface area contributed by atoms with Crippen molar-refractivity contribution in [2.75, 3.05) is 43.4 Å². The third-order valence-corrected chi connectivity index (χ3v) is 6.47. The fourth-order valence-electron chi connectivity index (χ4n) is 5.00. The molecule has 1 aromatic heterocycles. The number of nitrogens with zero attached hydrogens (tertiary/aromatic N) is 4. The number of nitrogens with one attached hydrogen (secondary N) is 1. The van der Waals surface area contributed by atoms with E-state index in [-0.39, 0.29) is 12.1 Å². The maximum Gasteiger partial charge on any atom is 0.416 e. The summed E-state index contributed by atoms with van der Waals surface area (Å²) in [4.78, 5) is 4.71. The predicted octanol–water partition coefficient (Wildman–Crippen LogP) is 4.32. The molecule has 8 heteroatoms. The Bertz CT molecular complexity index is 1130. The number of likely N-dealkylation sites (tertiary alicyclic amines) is 1. The minimum absolute atomic E-state index is 0.242. The van der Waals surface area contributed by atoms with Crippen LogP contribution in [-0.2, 0) is 12.7 Å². The van der Waals surface area contributed by atoms with Crippen molar-refractivity contribution in [2.45, 2.75) is 19.6 Å². The van der Waals surface area contributed by atoms with Crippen LogP contribution in [0.1, 0.15) is 16.7 Å². The lowest BCUT2D eigenvalue weighted by molar-refractivity contribution is -0.138. The second-order valence-corrected chi connectivity index (χ2v) is 8.93. The van der Waals surface area contributed by atoms with Crippen molar-refractivity contribution < 1.29 is 13.2 Å². The number of hydrogen-bond donors (Lipinski definition) is 1. The minimum atomic E-state index is -4.36. The van der Waals surface area contributed by atoms with Gasteiger partial charge in [0.05, 0.1) is 23.0 Å². The van der Waals surface area contributed by atoms with E-state index in [1.165, 1.54) is 13.0 Å². The molecule has 5 nitrogen and oxygen atoms in total. The molecular weight excluding hydrogens is 403 g/mol. The van der Waals surface area contributed by atoms with Crippen molar-refractivity contribution in [3.8, 4) is 0 Å². The standard InChI is InChI=1S/C23H24F3N5/c1-15-16(4-3-5-19(15)23(24,25)26)9-27-21-10-28-29-20-7-6-17(8-18(20)21)31-13-22(14-31)11-30(2)12-22/h3-8,10H,9,11-14H2,1-2H3,(H,27,29). The van der Waals surface area contributed by atoms with E-state index in [4.69, 9.17) is 0 Å². The van der Waals surface area contributed by atoms with Crippen LogP contribution >= 0.6 is 0 Å². The summed E-state index contributed by atoms with van der Waals surface area (Å²) in [5.41, 5.74) is 3.34. The summed E-state index contributed by atoms with van der Waals surface area (Å²) in [7, 11) is 2.15. The van der Waals surface area contributed by atoms with E-state index in [1.807, 2.05) is 6.07 Å². The van der Waals surface area contributed by atoms with Crippen LogP contribution in [-0.4, -0.2) is 48.3 Å². The lowest BCUT2D eigenvalue weighted by atomic mass is 9.73. The molecular formula is C23H24F3N5. The summed E-state index contributed by atoms with van der Waals surface area (Å²) in [6.45, 7) is 6.18. The SMILES string of the molecule is Cc1c(CNc2cnnc3ccc(N4CC5(CN(C)C5)C4)cc23)cccc1C(F)(F)F. The fraction of sp³-hybridized carbons (Fsp3) is 0.391. The third kappa shape index (κ3) is 3.59. The highest BCUT2D eigenvalue weighted by Gasteiger charge is 2.50. The number of alkyl halides is 3. The first-order chi connectivity index (χ1) is 14.7. The Balaban J connectivity index is 1.37. The van der Waals surface area contributed by atoms with Gasteiger partial charge >= 0.3 is 6.18 Å². The van der Waals surface area contributed by atoms with Gasteiger partial charge in [-0.3, -0.25) is 0 Å². The first-order valence-electron chi connectivity index (χ1n) is 10.3. The van der Waals surface area contributed by atoms with E-state index in [0.717, 1.165) is 54.5 Å². The third-order valence-electron chi connectivity index (χ3n) is 6.47. The van der Waals surface area contributed by atoms with Crippen molar-refractivity contribution in [1.29, 1.82) is 0 Å². The molecule has 0 bridgehead atoms. The van der Waals surface area contributed by atoms with Gasteiger partial charge in [0.2, 0.25) is 0 Å². The molecule has 1 spiro atoms. The number of benzene rings is 2. The minimum Gasteiger partial charge on any atom is -0.379 e. The second kappa shape index (κ2) is 7.09. The predicted molar refractivity (Wildman–Crippen MR) is 115 cm³/mol. The molecule has 31 heavy (non-hydrogen) atoms. The van der Waals surface area contributed by atoms with Gasteiger partial charge in [-0.05, 0) is 49.4 Å². The number of hydrogen-bond acceptors (Lipinski definition) is 5. The molecule has 3 aromatic rings.